The maximum atomic E-state index is 13.2. The van der Waals surface area contributed by atoms with E-state index in [2.05, 4.69) is 10.2 Å². The van der Waals surface area contributed by atoms with Gasteiger partial charge in [-0.25, -0.2) is 8.42 Å². The lowest BCUT2D eigenvalue weighted by molar-refractivity contribution is -0.134. The van der Waals surface area contributed by atoms with Crippen LogP contribution in [0.2, 0.25) is 5.02 Å². The molecule has 3 aliphatic heterocycles. The first-order valence-electron chi connectivity index (χ1n) is 12.9. The van der Waals surface area contributed by atoms with Crippen molar-refractivity contribution in [2.75, 3.05) is 44.6 Å². The van der Waals surface area contributed by atoms with Gasteiger partial charge in [-0.2, -0.15) is 0 Å². The van der Waals surface area contributed by atoms with Crippen LogP contribution in [0.3, 0.4) is 0 Å². The third-order valence-corrected chi connectivity index (χ3v) is 11.2. The molecule has 196 valence electrons. The number of nitrogens with zero attached hydrogens (tertiary/aromatic N) is 2. The van der Waals surface area contributed by atoms with Gasteiger partial charge in [0, 0.05) is 30.3 Å². The number of carbonyl (C=O) groups is 2. The number of piperidine rings is 1. The van der Waals surface area contributed by atoms with Gasteiger partial charge in [0.05, 0.1) is 10.3 Å². The van der Waals surface area contributed by atoms with Gasteiger partial charge in [0.15, 0.2) is 14.6 Å². The number of benzene rings is 2. The van der Waals surface area contributed by atoms with E-state index < -0.39 is 20.0 Å². The molecule has 0 bridgehead atoms. The standard InChI is InChI=1S/C27H30ClN3O5S/c28-19-2-7-23-22(18-19)26(24(32)29-23)10-14-30(15-11-26)16-17-36-20-3-5-21(6-4-20)37(34,35)27(8-9-27)25(33)31-12-1-13-31/h2-7,18H,1,8-17H2,(H,29,32). The molecule has 0 aromatic heterocycles. The fraction of sp³-hybridized carbons (Fsp3) is 0.481. The van der Waals surface area contributed by atoms with E-state index in [1.54, 1.807) is 35.2 Å². The van der Waals surface area contributed by atoms with Crippen LogP contribution in [0.15, 0.2) is 47.4 Å². The molecule has 1 saturated carbocycles. The van der Waals surface area contributed by atoms with E-state index in [1.165, 1.54) is 0 Å². The zero-order valence-corrected chi connectivity index (χ0v) is 22.1. The van der Waals surface area contributed by atoms with E-state index in [1.807, 2.05) is 12.1 Å². The number of halogens is 1. The number of sulfone groups is 1. The minimum absolute atomic E-state index is 0.0512. The summed E-state index contributed by atoms with van der Waals surface area (Å²) in [6.07, 6.45) is 3.15. The monoisotopic (exact) mass is 543 g/mol. The van der Waals surface area contributed by atoms with E-state index >= 15 is 0 Å². The Hall–Kier alpha value is -2.62. The van der Waals surface area contributed by atoms with Crippen molar-refractivity contribution >= 4 is 38.9 Å². The van der Waals surface area contributed by atoms with Crippen LogP contribution >= 0.6 is 11.6 Å². The number of ether oxygens (including phenoxy) is 1. The Bertz CT molecular complexity index is 1340. The number of fused-ring (bicyclic) bond motifs is 2. The third kappa shape index (κ3) is 4.02. The van der Waals surface area contributed by atoms with Gasteiger partial charge in [-0.3, -0.25) is 14.5 Å². The number of likely N-dealkylation sites (tertiary alicyclic amines) is 2. The average Bonchev–Trinajstić information content (AvgIpc) is 3.64. The minimum atomic E-state index is -3.74. The molecule has 1 spiro atoms. The van der Waals surface area contributed by atoms with Crippen molar-refractivity contribution in [2.45, 2.75) is 47.2 Å². The average molecular weight is 544 g/mol. The van der Waals surface area contributed by atoms with E-state index in [9.17, 15) is 18.0 Å². The topological polar surface area (TPSA) is 96.0 Å². The lowest BCUT2D eigenvalue weighted by Gasteiger charge is -2.38. The second-order valence-corrected chi connectivity index (χ2v) is 13.2. The molecule has 2 aromatic carbocycles. The summed E-state index contributed by atoms with van der Waals surface area (Å²) in [7, 11) is -3.74. The number of nitrogens with one attached hydrogen (secondary N) is 1. The van der Waals surface area contributed by atoms with E-state index in [4.69, 9.17) is 16.3 Å². The number of hydrogen-bond donors (Lipinski definition) is 1. The van der Waals surface area contributed by atoms with Crippen LogP contribution in [0, 0.1) is 0 Å². The molecule has 10 heteroatoms. The van der Waals surface area contributed by atoms with E-state index in [0.717, 1.165) is 43.6 Å². The zero-order valence-electron chi connectivity index (χ0n) is 20.5. The maximum absolute atomic E-state index is 13.2. The number of hydrogen-bond acceptors (Lipinski definition) is 6. The largest absolute Gasteiger partial charge is 0.492 e. The van der Waals surface area contributed by atoms with Crippen LogP contribution in [-0.2, 0) is 24.8 Å². The van der Waals surface area contributed by atoms with Crippen LogP contribution < -0.4 is 10.1 Å². The Morgan fingerprint density at radius 2 is 1.70 bits per heavy atom. The van der Waals surface area contributed by atoms with Gasteiger partial charge in [-0.05, 0) is 93.2 Å². The van der Waals surface area contributed by atoms with Gasteiger partial charge in [-0.1, -0.05) is 11.6 Å². The van der Waals surface area contributed by atoms with Crippen molar-refractivity contribution < 1.29 is 22.7 Å². The fourth-order valence-electron chi connectivity index (χ4n) is 5.79. The van der Waals surface area contributed by atoms with Crippen LogP contribution in [0.25, 0.3) is 0 Å². The molecule has 3 heterocycles. The summed E-state index contributed by atoms with van der Waals surface area (Å²) in [6, 6.07) is 12.0. The molecule has 4 aliphatic rings. The summed E-state index contributed by atoms with van der Waals surface area (Å²) < 4.78 is 31.1. The van der Waals surface area contributed by atoms with Gasteiger partial charge in [0.1, 0.15) is 12.4 Å². The van der Waals surface area contributed by atoms with Crippen molar-refractivity contribution in [3.05, 3.63) is 53.1 Å². The maximum Gasteiger partial charge on any atom is 0.244 e. The molecule has 0 radical (unpaired) electrons. The first-order valence-corrected chi connectivity index (χ1v) is 14.7. The third-order valence-electron chi connectivity index (χ3n) is 8.45. The second kappa shape index (κ2) is 8.99. The van der Waals surface area contributed by atoms with Gasteiger partial charge in [0.2, 0.25) is 11.8 Å². The van der Waals surface area contributed by atoms with Crippen LogP contribution in [0.5, 0.6) is 5.75 Å². The summed E-state index contributed by atoms with van der Waals surface area (Å²) in [5.74, 6) is 0.393. The Morgan fingerprint density at radius 1 is 1.00 bits per heavy atom. The van der Waals surface area contributed by atoms with Crippen molar-refractivity contribution in [1.82, 2.24) is 9.80 Å². The summed E-state index contributed by atoms with van der Waals surface area (Å²) in [6.45, 7) is 3.99. The first-order chi connectivity index (χ1) is 17.7. The fourth-order valence-corrected chi connectivity index (χ4v) is 7.91. The lowest BCUT2D eigenvalue weighted by Crippen LogP contribution is -2.50. The molecule has 6 rings (SSSR count). The van der Waals surface area contributed by atoms with Crippen molar-refractivity contribution in [2.24, 2.45) is 0 Å². The Kier molecular flexibility index (Phi) is 6.00. The number of amides is 2. The van der Waals surface area contributed by atoms with Gasteiger partial charge >= 0.3 is 0 Å². The molecule has 0 atom stereocenters. The van der Waals surface area contributed by atoms with Crippen molar-refractivity contribution in [3.8, 4) is 5.75 Å². The van der Waals surface area contributed by atoms with Crippen LogP contribution in [-0.4, -0.2) is 74.1 Å². The molecule has 1 N–H and O–H groups in total. The molecular formula is C27H30ClN3O5S. The Balaban J connectivity index is 1.03. The highest BCUT2D eigenvalue weighted by Gasteiger charge is 2.62. The predicted molar refractivity (Wildman–Crippen MR) is 140 cm³/mol. The van der Waals surface area contributed by atoms with Gasteiger partial charge in [0.25, 0.3) is 0 Å². The van der Waals surface area contributed by atoms with E-state index in [-0.39, 0.29) is 16.7 Å². The first kappa shape index (κ1) is 24.7. The molecule has 2 aromatic rings. The summed E-state index contributed by atoms with van der Waals surface area (Å²) in [4.78, 5) is 29.7. The second-order valence-electron chi connectivity index (χ2n) is 10.5. The van der Waals surface area contributed by atoms with Gasteiger partial charge < -0.3 is 15.0 Å². The Morgan fingerprint density at radius 3 is 2.32 bits per heavy atom. The van der Waals surface area contributed by atoms with Crippen LogP contribution in [0.1, 0.15) is 37.7 Å². The van der Waals surface area contributed by atoms with Crippen LogP contribution in [0.4, 0.5) is 5.69 Å². The zero-order chi connectivity index (χ0) is 25.8. The number of anilines is 1. The molecule has 3 fully saturated rings. The highest BCUT2D eigenvalue weighted by Crippen LogP contribution is 2.49. The quantitative estimate of drug-likeness (QED) is 0.576. The van der Waals surface area contributed by atoms with Crippen molar-refractivity contribution in [1.29, 1.82) is 0 Å². The number of carbonyl (C=O) groups excluding carboxylic acids is 2. The van der Waals surface area contributed by atoms with Gasteiger partial charge in [-0.15, -0.1) is 0 Å². The highest BCUT2D eigenvalue weighted by molar-refractivity contribution is 7.94. The van der Waals surface area contributed by atoms with Crippen molar-refractivity contribution in [3.63, 3.8) is 0 Å². The van der Waals surface area contributed by atoms with E-state index in [0.29, 0.717) is 49.9 Å². The highest BCUT2D eigenvalue weighted by atomic mass is 35.5. The summed E-state index contributed by atoms with van der Waals surface area (Å²) >= 11 is 6.21. The summed E-state index contributed by atoms with van der Waals surface area (Å²) in [5.41, 5.74) is 1.33. The Labute approximate surface area is 221 Å². The minimum Gasteiger partial charge on any atom is -0.492 e. The smallest absolute Gasteiger partial charge is 0.244 e. The molecular weight excluding hydrogens is 514 g/mol. The molecule has 2 saturated heterocycles. The molecule has 0 unspecified atom stereocenters. The normalized spacial score (nSPS) is 21.8. The summed E-state index contributed by atoms with van der Waals surface area (Å²) in [5, 5.41) is 3.64. The molecule has 37 heavy (non-hydrogen) atoms. The molecule has 1 aliphatic carbocycles. The lowest BCUT2D eigenvalue weighted by atomic mass is 9.73. The molecule has 2 amide bonds. The number of rotatable bonds is 7. The SMILES string of the molecule is O=C1Nc2ccc(Cl)cc2C12CCN(CCOc1ccc(S(=O)(=O)C3(C(=O)N4CCC4)CC3)cc1)CC2. The molecule has 8 nitrogen and oxygen atoms in total. The predicted octanol–water partition coefficient (Wildman–Crippen LogP) is 3.24.